The molecule has 7 heteroatoms. The van der Waals surface area contributed by atoms with E-state index in [1.165, 1.54) is 4.90 Å². The Bertz CT molecular complexity index is 371. The molecule has 1 aliphatic heterocycles. The van der Waals surface area contributed by atoms with Crippen LogP contribution in [0, 0.1) is 0 Å². The first-order valence-corrected chi connectivity index (χ1v) is 6.30. The zero-order valence-electron chi connectivity index (χ0n) is 11.4. The topological polar surface area (TPSA) is 95.9 Å². The van der Waals surface area contributed by atoms with E-state index in [0.717, 1.165) is 0 Å². The lowest BCUT2D eigenvalue weighted by Gasteiger charge is -2.21. The highest BCUT2D eigenvalue weighted by Gasteiger charge is 2.35. The van der Waals surface area contributed by atoms with Gasteiger partial charge in [0.05, 0.1) is 0 Å². The number of ether oxygens (including phenoxy) is 1. The van der Waals surface area contributed by atoms with E-state index in [-0.39, 0.29) is 5.91 Å². The second-order valence-corrected chi connectivity index (χ2v) is 4.61. The van der Waals surface area contributed by atoms with E-state index in [0.29, 0.717) is 19.4 Å². The summed E-state index contributed by atoms with van der Waals surface area (Å²) >= 11 is 0. The number of likely N-dealkylation sites (N-methyl/N-ethyl adjacent to an activating group) is 1. The van der Waals surface area contributed by atoms with Crippen molar-refractivity contribution < 1.29 is 24.2 Å². The van der Waals surface area contributed by atoms with Gasteiger partial charge < -0.3 is 20.1 Å². The number of carbonyl (C=O) groups excluding carboxylic acids is 2. The number of amides is 2. The molecule has 108 valence electrons. The maximum absolute atomic E-state index is 11.8. The molecule has 3 atom stereocenters. The molecule has 2 N–H and O–H groups in total. The number of nitrogens with one attached hydrogen (secondary N) is 1. The Labute approximate surface area is 111 Å². The van der Waals surface area contributed by atoms with Crippen molar-refractivity contribution in [3.05, 3.63) is 0 Å². The van der Waals surface area contributed by atoms with E-state index < -0.39 is 30.1 Å². The van der Waals surface area contributed by atoms with Crippen LogP contribution in [0.4, 0.5) is 0 Å². The van der Waals surface area contributed by atoms with E-state index in [1.807, 2.05) is 6.92 Å². The molecule has 1 saturated heterocycles. The van der Waals surface area contributed by atoms with Gasteiger partial charge >= 0.3 is 5.97 Å². The van der Waals surface area contributed by atoms with Gasteiger partial charge in [-0.15, -0.1) is 0 Å². The maximum atomic E-state index is 11.8. The van der Waals surface area contributed by atoms with Crippen molar-refractivity contribution in [2.45, 2.75) is 44.9 Å². The van der Waals surface area contributed by atoms with Crippen molar-refractivity contribution in [2.75, 3.05) is 13.6 Å². The first kappa shape index (κ1) is 15.4. The van der Waals surface area contributed by atoms with Crippen molar-refractivity contribution in [1.82, 2.24) is 10.2 Å². The zero-order chi connectivity index (χ0) is 14.6. The molecular formula is C12H20N2O5. The number of hydrogen-bond donors (Lipinski definition) is 2. The number of carboxylic acids is 1. The van der Waals surface area contributed by atoms with Gasteiger partial charge in [0.2, 0.25) is 11.8 Å². The monoisotopic (exact) mass is 272 g/mol. The molecule has 1 rings (SSSR count). The van der Waals surface area contributed by atoms with Crippen LogP contribution in [0.1, 0.15) is 26.7 Å². The molecule has 0 saturated carbocycles. The summed E-state index contributed by atoms with van der Waals surface area (Å²) < 4.78 is 5.12. The van der Waals surface area contributed by atoms with E-state index in [9.17, 15) is 14.4 Å². The van der Waals surface area contributed by atoms with Crippen LogP contribution in [0.5, 0.6) is 0 Å². The van der Waals surface area contributed by atoms with Crippen molar-refractivity contribution in [2.24, 2.45) is 0 Å². The highest BCUT2D eigenvalue weighted by molar-refractivity contribution is 5.89. The Hall–Kier alpha value is -1.63. The Morgan fingerprint density at radius 2 is 1.95 bits per heavy atom. The van der Waals surface area contributed by atoms with Gasteiger partial charge in [0, 0.05) is 13.6 Å². The van der Waals surface area contributed by atoms with Gasteiger partial charge in [-0.3, -0.25) is 9.59 Å². The minimum Gasteiger partial charge on any atom is -0.479 e. The Morgan fingerprint density at radius 3 is 2.42 bits per heavy atom. The van der Waals surface area contributed by atoms with Crippen LogP contribution >= 0.6 is 0 Å². The molecule has 2 amide bonds. The maximum Gasteiger partial charge on any atom is 0.332 e. The van der Waals surface area contributed by atoms with Gasteiger partial charge in [0.1, 0.15) is 12.1 Å². The molecule has 1 heterocycles. The lowest BCUT2D eigenvalue weighted by atomic mass is 10.2. The van der Waals surface area contributed by atoms with Crippen molar-refractivity contribution in [3.63, 3.8) is 0 Å². The number of nitrogens with zero attached hydrogens (tertiary/aromatic N) is 1. The molecule has 0 aliphatic carbocycles. The number of rotatable bonds is 5. The Morgan fingerprint density at radius 1 is 1.37 bits per heavy atom. The van der Waals surface area contributed by atoms with Gasteiger partial charge in [-0.2, -0.15) is 0 Å². The van der Waals surface area contributed by atoms with E-state index in [2.05, 4.69) is 5.32 Å². The smallest absolute Gasteiger partial charge is 0.332 e. The predicted octanol–water partition coefficient (Wildman–Crippen LogP) is -0.398. The quantitative estimate of drug-likeness (QED) is 0.710. The van der Waals surface area contributed by atoms with E-state index in [4.69, 9.17) is 9.84 Å². The molecule has 0 bridgehead atoms. The van der Waals surface area contributed by atoms with Crippen molar-refractivity contribution in [3.8, 4) is 0 Å². The lowest BCUT2D eigenvalue weighted by molar-refractivity contribution is -0.152. The SMILES string of the molecule is CCN(C)C(=O)C(C)NC(=O)[C@@H]1CC[C@H](C(=O)O)O1. The first-order valence-electron chi connectivity index (χ1n) is 6.30. The fourth-order valence-corrected chi connectivity index (χ4v) is 1.87. The zero-order valence-corrected chi connectivity index (χ0v) is 11.4. The lowest BCUT2D eigenvalue weighted by Crippen LogP contribution is -2.48. The number of carboxylic acid groups (broad SMARTS) is 1. The van der Waals surface area contributed by atoms with Gasteiger partial charge in [-0.25, -0.2) is 4.79 Å². The summed E-state index contributed by atoms with van der Waals surface area (Å²) in [4.78, 5) is 35.8. The first-order chi connectivity index (χ1) is 8.86. The van der Waals surface area contributed by atoms with Gasteiger partial charge in [0.15, 0.2) is 6.10 Å². The van der Waals surface area contributed by atoms with Gasteiger partial charge in [-0.05, 0) is 26.7 Å². The van der Waals surface area contributed by atoms with Crippen LogP contribution in [-0.4, -0.2) is 59.6 Å². The molecule has 0 spiro atoms. The normalized spacial score (nSPS) is 23.7. The van der Waals surface area contributed by atoms with Crippen molar-refractivity contribution in [1.29, 1.82) is 0 Å². The van der Waals surface area contributed by atoms with Crippen LogP contribution in [0.3, 0.4) is 0 Å². The molecule has 7 nitrogen and oxygen atoms in total. The molecule has 0 aromatic heterocycles. The molecule has 19 heavy (non-hydrogen) atoms. The minimum atomic E-state index is -1.06. The summed E-state index contributed by atoms with van der Waals surface area (Å²) in [5.41, 5.74) is 0. The molecule has 0 radical (unpaired) electrons. The van der Waals surface area contributed by atoms with Crippen molar-refractivity contribution >= 4 is 17.8 Å². The largest absolute Gasteiger partial charge is 0.479 e. The minimum absolute atomic E-state index is 0.191. The fourth-order valence-electron chi connectivity index (χ4n) is 1.87. The highest BCUT2D eigenvalue weighted by Crippen LogP contribution is 2.20. The average molecular weight is 272 g/mol. The van der Waals surface area contributed by atoms with Gasteiger partial charge in [-0.1, -0.05) is 0 Å². The molecule has 1 unspecified atom stereocenters. The standard InChI is InChI=1S/C12H20N2O5/c1-4-14(3)11(16)7(2)13-10(15)8-5-6-9(19-8)12(17)18/h7-9H,4-6H2,1-3H3,(H,13,15)(H,17,18)/t7?,8-,9+/m0/s1. The van der Waals surface area contributed by atoms with Gasteiger partial charge in [0.25, 0.3) is 0 Å². The molecule has 0 aromatic rings. The summed E-state index contributed by atoms with van der Waals surface area (Å²) in [6.07, 6.45) is -1.05. The third-order valence-electron chi connectivity index (χ3n) is 3.17. The Kier molecular flexibility index (Phi) is 5.29. The van der Waals surface area contributed by atoms with E-state index in [1.54, 1.807) is 14.0 Å². The summed E-state index contributed by atoms with van der Waals surface area (Å²) in [6.45, 7) is 3.99. The third-order valence-corrected chi connectivity index (χ3v) is 3.17. The summed E-state index contributed by atoms with van der Waals surface area (Å²) in [6, 6.07) is -0.648. The van der Waals surface area contributed by atoms with Crippen LogP contribution < -0.4 is 5.32 Å². The molecule has 1 fully saturated rings. The number of carbonyl (C=O) groups is 3. The third kappa shape index (κ3) is 3.92. The Balaban J connectivity index is 2.48. The molecule has 0 aromatic carbocycles. The number of hydrogen-bond acceptors (Lipinski definition) is 4. The highest BCUT2D eigenvalue weighted by atomic mass is 16.5. The number of aliphatic carboxylic acids is 1. The summed E-state index contributed by atoms with van der Waals surface area (Å²) in [7, 11) is 1.65. The second kappa shape index (κ2) is 6.51. The van der Waals surface area contributed by atoms with E-state index >= 15 is 0 Å². The molecule has 1 aliphatic rings. The van der Waals surface area contributed by atoms with Crippen LogP contribution in [0.2, 0.25) is 0 Å². The van der Waals surface area contributed by atoms with Crippen LogP contribution in [0.15, 0.2) is 0 Å². The summed E-state index contributed by atoms with van der Waals surface area (Å²) in [5, 5.41) is 11.3. The average Bonchev–Trinajstić information content (AvgIpc) is 2.86. The fraction of sp³-hybridized carbons (Fsp3) is 0.750. The summed E-state index contributed by atoms with van der Waals surface area (Å²) in [5.74, 6) is -1.69. The van der Waals surface area contributed by atoms with Crippen LogP contribution in [-0.2, 0) is 19.1 Å². The predicted molar refractivity (Wildman–Crippen MR) is 66.4 cm³/mol. The second-order valence-electron chi connectivity index (χ2n) is 4.61. The molecular weight excluding hydrogens is 252 g/mol. The van der Waals surface area contributed by atoms with Crippen LogP contribution in [0.25, 0.3) is 0 Å².